The standard InChI is InChI=1S/C27H36N2O5/c1-27(2,3)22-15-13-20(14-16-22)18-23(25(31)32)29-24(30)12-8-5-9-17-28-26(33)34-19-21-10-6-4-7-11-21/h4,6-7,10-11,13-16,23H,5,8-9,12,17-19H2,1-3H3,(H,28,33)(H,29,30)(H,31,32)/t23-/m0/s1. The van der Waals surface area contributed by atoms with Crippen LogP contribution in [-0.2, 0) is 32.8 Å². The smallest absolute Gasteiger partial charge is 0.407 e. The largest absolute Gasteiger partial charge is 0.480 e. The number of aliphatic carboxylic acids is 1. The number of benzene rings is 2. The summed E-state index contributed by atoms with van der Waals surface area (Å²) >= 11 is 0. The Bertz CT molecular complexity index is 920. The molecular weight excluding hydrogens is 432 g/mol. The van der Waals surface area contributed by atoms with Gasteiger partial charge >= 0.3 is 12.1 Å². The number of hydrogen-bond donors (Lipinski definition) is 3. The summed E-state index contributed by atoms with van der Waals surface area (Å²) in [5.74, 6) is -1.33. The van der Waals surface area contributed by atoms with E-state index in [4.69, 9.17) is 4.74 Å². The van der Waals surface area contributed by atoms with Gasteiger partial charge in [-0.1, -0.05) is 81.8 Å². The highest BCUT2D eigenvalue weighted by Gasteiger charge is 2.21. The van der Waals surface area contributed by atoms with Crippen molar-refractivity contribution < 1.29 is 24.2 Å². The van der Waals surface area contributed by atoms with Crippen molar-refractivity contribution in [2.75, 3.05) is 6.54 Å². The number of hydrogen-bond acceptors (Lipinski definition) is 4. The predicted molar refractivity (Wildman–Crippen MR) is 132 cm³/mol. The molecular formula is C27H36N2O5. The van der Waals surface area contributed by atoms with Crippen LogP contribution in [0, 0.1) is 0 Å². The second-order valence-electron chi connectivity index (χ2n) is 9.41. The summed E-state index contributed by atoms with van der Waals surface area (Å²) in [6.07, 6.45) is 2.06. The van der Waals surface area contributed by atoms with Crippen LogP contribution in [0.2, 0.25) is 0 Å². The lowest BCUT2D eigenvalue weighted by Gasteiger charge is -2.20. The highest BCUT2D eigenvalue weighted by molar-refractivity contribution is 5.83. The number of unbranched alkanes of at least 4 members (excludes halogenated alkanes) is 2. The lowest BCUT2D eigenvalue weighted by Crippen LogP contribution is -2.42. The van der Waals surface area contributed by atoms with Crippen LogP contribution in [-0.4, -0.2) is 35.7 Å². The van der Waals surface area contributed by atoms with Gasteiger partial charge in [-0.3, -0.25) is 4.79 Å². The van der Waals surface area contributed by atoms with Gasteiger partial charge in [-0.2, -0.15) is 0 Å². The Labute approximate surface area is 201 Å². The topological polar surface area (TPSA) is 105 Å². The minimum atomic E-state index is -1.05. The Hall–Kier alpha value is -3.35. The molecule has 2 aromatic carbocycles. The molecule has 0 heterocycles. The average Bonchev–Trinajstić information content (AvgIpc) is 2.80. The lowest BCUT2D eigenvalue weighted by atomic mass is 9.86. The van der Waals surface area contributed by atoms with Crippen molar-refractivity contribution in [2.45, 2.75) is 70.9 Å². The van der Waals surface area contributed by atoms with E-state index in [9.17, 15) is 19.5 Å². The van der Waals surface area contributed by atoms with Crippen molar-refractivity contribution in [3.63, 3.8) is 0 Å². The number of ether oxygens (including phenoxy) is 1. The molecule has 2 aromatic rings. The molecule has 0 aliphatic rings. The average molecular weight is 469 g/mol. The summed E-state index contributed by atoms with van der Waals surface area (Å²) in [5, 5.41) is 14.8. The molecule has 2 amide bonds. The zero-order chi connectivity index (χ0) is 25.0. The van der Waals surface area contributed by atoms with E-state index < -0.39 is 18.1 Å². The molecule has 0 aromatic heterocycles. The maximum absolute atomic E-state index is 12.2. The van der Waals surface area contributed by atoms with Gasteiger partial charge < -0.3 is 20.5 Å². The minimum Gasteiger partial charge on any atom is -0.480 e. The number of alkyl carbamates (subject to hydrolysis) is 1. The molecule has 0 spiro atoms. The van der Waals surface area contributed by atoms with Gasteiger partial charge in [0.15, 0.2) is 0 Å². The number of amides is 2. The Morgan fingerprint density at radius 3 is 2.21 bits per heavy atom. The third kappa shape index (κ3) is 10.1. The van der Waals surface area contributed by atoms with E-state index >= 15 is 0 Å². The Balaban J connectivity index is 1.63. The lowest BCUT2D eigenvalue weighted by molar-refractivity contribution is -0.141. The maximum Gasteiger partial charge on any atom is 0.407 e. The molecule has 3 N–H and O–H groups in total. The molecule has 0 unspecified atom stereocenters. The first-order chi connectivity index (χ1) is 16.1. The fourth-order valence-electron chi connectivity index (χ4n) is 3.40. The van der Waals surface area contributed by atoms with Crippen LogP contribution in [0.5, 0.6) is 0 Å². The normalized spacial score (nSPS) is 12.0. The van der Waals surface area contributed by atoms with Gasteiger partial charge in [-0.15, -0.1) is 0 Å². The third-order valence-corrected chi connectivity index (χ3v) is 5.46. The molecule has 7 nitrogen and oxygen atoms in total. The molecule has 2 rings (SSSR count). The minimum absolute atomic E-state index is 0.0247. The number of carbonyl (C=O) groups is 3. The molecule has 0 fully saturated rings. The second-order valence-corrected chi connectivity index (χ2v) is 9.41. The number of carboxylic acids is 1. The molecule has 0 aliphatic carbocycles. The third-order valence-electron chi connectivity index (χ3n) is 5.46. The van der Waals surface area contributed by atoms with Gasteiger partial charge in [-0.05, 0) is 34.9 Å². The molecule has 184 valence electrons. The van der Waals surface area contributed by atoms with Gasteiger partial charge in [0.25, 0.3) is 0 Å². The van der Waals surface area contributed by atoms with E-state index in [-0.39, 0.29) is 30.8 Å². The first-order valence-electron chi connectivity index (χ1n) is 11.7. The highest BCUT2D eigenvalue weighted by Crippen LogP contribution is 2.22. The van der Waals surface area contributed by atoms with Crippen molar-refractivity contribution in [2.24, 2.45) is 0 Å². The van der Waals surface area contributed by atoms with Crippen LogP contribution < -0.4 is 10.6 Å². The number of carbonyl (C=O) groups excluding carboxylic acids is 2. The van der Waals surface area contributed by atoms with E-state index in [0.717, 1.165) is 17.5 Å². The summed E-state index contributed by atoms with van der Waals surface area (Å²) in [5.41, 5.74) is 2.99. The zero-order valence-electron chi connectivity index (χ0n) is 20.3. The van der Waals surface area contributed by atoms with E-state index in [0.29, 0.717) is 19.4 Å². The van der Waals surface area contributed by atoms with Crippen LogP contribution >= 0.6 is 0 Å². The molecule has 0 aliphatic heterocycles. The second kappa shape index (κ2) is 13.4. The fourth-order valence-corrected chi connectivity index (χ4v) is 3.40. The SMILES string of the molecule is CC(C)(C)c1ccc(C[C@H](NC(=O)CCCCCNC(=O)OCc2ccccc2)C(=O)O)cc1. The summed E-state index contributed by atoms with van der Waals surface area (Å²) in [7, 11) is 0. The molecule has 0 saturated carbocycles. The Morgan fingerprint density at radius 2 is 1.59 bits per heavy atom. The van der Waals surface area contributed by atoms with Gasteiger partial charge in [0.1, 0.15) is 12.6 Å². The summed E-state index contributed by atoms with van der Waals surface area (Å²) in [4.78, 5) is 35.6. The van der Waals surface area contributed by atoms with Gasteiger partial charge in [0.05, 0.1) is 0 Å². The van der Waals surface area contributed by atoms with E-state index in [2.05, 4.69) is 31.4 Å². The van der Waals surface area contributed by atoms with Crippen LogP contribution in [0.1, 0.15) is 63.1 Å². The Kier molecular flexibility index (Phi) is 10.6. The highest BCUT2D eigenvalue weighted by atomic mass is 16.5. The van der Waals surface area contributed by atoms with Crippen molar-refractivity contribution in [3.8, 4) is 0 Å². The van der Waals surface area contributed by atoms with Crippen LogP contribution in [0.15, 0.2) is 54.6 Å². The monoisotopic (exact) mass is 468 g/mol. The number of carboxylic acid groups (broad SMARTS) is 1. The zero-order valence-corrected chi connectivity index (χ0v) is 20.3. The summed E-state index contributed by atoms with van der Waals surface area (Å²) in [6.45, 7) is 7.04. The van der Waals surface area contributed by atoms with Gasteiger partial charge in [0, 0.05) is 19.4 Å². The maximum atomic E-state index is 12.2. The first-order valence-corrected chi connectivity index (χ1v) is 11.7. The van der Waals surface area contributed by atoms with Crippen molar-refractivity contribution in [1.29, 1.82) is 0 Å². The van der Waals surface area contributed by atoms with Gasteiger partial charge in [0.2, 0.25) is 5.91 Å². The summed E-state index contributed by atoms with van der Waals surface area (Å²) < 4.78 is 5.14. The van der Waals surface area contributed by atoms with E-state index in [1.54, 1.807) is 0 Å². The van der Waals surface area contributed by atoms with E-state index in [1.807, 2.05) is 54.6 Å². The van der Waals surface area contributed by atoms with Crippen molar-refractivity contribution in [1.82, 2.24) is 10.6 Å². The molecule has 0 radical (unpaired) electrons. The van der Waals surface area contributed by atoms with E-state index in [1.165, 1.54) is 5.56 Å². The fraction of sp³-hybridized carbons (Fsp3) is 0.444. The molecule has 34 heavy (non-hydrogen) atoms. The number of nitrogens with one attached hydrogen (secondary N) is 2. The molecule has 7 heteroatoms. The molecule has 0 bridgehead atoms. The van der Waals surface area contributed by atoms with Crippen LogP contribution in [0.25, 0.3) is 0 Å². The van der Waals surface area contributed by atoms with Gasteiger partial charge in [-0.25, -0.2) is 9.59 Å². The van der Waals surface area contributed by atoms with Crippen LogP contribution in [0.3, 0.4) is 0 Å². The molecule has 0 saturated heterocycles. The summed E-state index contributed by atoms with van der Waals surface area (Å²) in [6, 6.07) is 16.3. The number of rotatable bonds is 12. The predicted octanol–water partition coefficient (Wildman–Crippen LogP) is 4.58. The van der Waals surface area contributed by atoms with Crippen molar-refractivity contribution >= 4 is 18.0 Å². The quantitative estimate of drug-likeness (QED) is 0.396. The first kappa shape index (κ1) is 26.9. The van der Waals surface area contributed by atoms with Crippen molar-refractivity contribution in [3.05, 3.63) is 71.3 Å². The Morgan fingerprint density at radius 1 is 0.912 bits per heavy atom. The molecule has 1 atom stereocenters. The van der Waals surface area contributed by atoms with Crippen LogP contribution in [0.4, 0.5) is 4.79 Å².